The number of fused-ring (bicyclic) bond motifs is 1. The maximum Gasteiger partial charge on any atom is 0.166 e. The lowest BCUT2D eigenvalue weighted by Gasteiger charge is -2.13. The van der Waals surface area contributed by atoms with Crippen molar-refractivity contribution < 1.29 is 14.3 Å². The largest absolute Gasteiger partial charge is 0.501 e. The van der Waals surface area contributed by atoms with Crippen molar-refractivity contribution in [2.24, 2.45) is 0 Å². The molecule has 3 rings (SSSR count). The average molecular weight is 282 g/mol. The number of ketones is 1. The Hall–Kier alpha value is -2.29. The number of carbonyl (C=O) groups is 1. The standard InChI is InChI=1S/C18H18O3/c1-20-16-8-7-13-4-2-5-14(17(13)11-16)10-18(19)15-6-3-9-21-12-15/h2,4-5,7-8,11-12H,3,6,9-10H2,1H3. The van der Waals surface area contributed by atoms with E-state index >= 15 is 0 Å². The molecule has 1 aliphatic heterocycles. The fourth-order valence-electron chi connectivity index (χ4n) is 2.65. The molecule has 2 aromatic rings. The molecule has 0 radical (unpaired) electrons. The molecule has 0 fully saturated rings. The predicted octanol–water partition coefficient (Wildman–Crippen LogP) is 3.65. The minimum atomic E-state index is 0.144. The second-order valence-electron chi connectivity index (χ2n) is 5.22. The molecule has 3 heteroatoms. The molecule has 1 heterocycles. The molecule has 1 aliphatic rings. The highest BCUT2D eigenvalue weighted by Gasteiger charge is 2.15. The van der Waals surface area contributed by atoms with Crippen molar-refractivity contribution in [3.63, 3.8) is 0 Å². The fourth-order valence-corrected chi connectivity index (χ4v) is 2.65. The maximum absolute atomic E-state index is 12.4. The van der Waals surface area contributed by atoms with Gasteiger partial charge >= 0.3 is 0 Å². The van der Waals surface area contributed by atoms with Crippen LogP contribution >= 0.6 is 0 Å². The number of rotatable bonds is 4. The molecule has 0 bridgehead atoms. The van der Waals surface area contributed by atoms with Crippen LogP contribution < -0.4 is 4.74 Å². The van der Waals surface area contributed by atoms with E-state index in [1.54, 1.807) is 13.4 Å². The van der Waals surface area contributed by atoms with E-state index in [-0.39, 0.29) is 5.78 Å². The number of Topliss-reactive ketones (excluding diaryl/α,β-unsaturated/α-hetero) is 1. The second kappa shape index (κ2) is 6.00. The van der Waals surface area contributed by atoms with Crippen molar-refractivity contribution in [1.29, 1.82) is 0 Å². The molecule has 21 heavy (non-hydrogen) atoms. The minimum Gasteiger partial charge on any atom is -0.501 e. The SMILES string of the molecule is COc1ccc2cccc(CC(=O)C3=COCCC3)c2c1. The van der Waals surface area contributed by atoms with Crippen LogP contribution in [-0.2, 0) is 16.0 Å². The van der Waals surface area contributed by atoms with Gasteiger partial charge in [0.2, 0.25) is 0 Å². The summed E-state index contributed by atoms with van der Waals surface area (Å²) in [5, 5.41) is 2.19. The molecule has 0 spiro atoms. The van der Waals surface area contributed by atoms with Crippen LogP contribution in [0.2, 0.25) is 0 Å². The van der Waals surface area contributed by atoms with Crippen LogP contribution in [0.1, 0.15) is 18.4 Å². The van der Waals surface area contributed by atoms with Gasteiger partial charge in [0.25, 0.3) is 0 Å². The molecule has 2 aromatic carbocycles. The van der Waals surface area contributed by atoms with E-state index in [1.165, 1.54) is 0 Å². The van der Waals surface area contributed by atoms with E-state index in [4.69, 9.17) is 9.47 Å². The zero-order valence-corrected chi connectivity index (χ0v) is 12.1. The highest BCUT2D eigenvalue weighted by Crippen LogP contribution is 2.25. The van der Waals surface area contributed by atoms with Crippen molar-refractivity contribution in [1.82, 2.24) is 0 Å². The first-order valence-electron chi connectivity index (χ1n) is 7.17. The predicted molar refractivity (Wildman–Crippen MR) is 82.5 cm³/mol. The summed E-state index contributed by atoms with van der Waals surface area (Å²) in [7, 11) is 1.65. The Balaban J connectivity index is 1.92. The number of allylic oxidation sites excluding steroid dienone is 1. The van der Waals surface area contributed by atoms with Crippen molar-refractivity contribution >= 4 is 16.6 Å². The van der Waals surface area contributed by atoms with Gasteiger partial charge in [0.15, 0.2) is 5.78 Å². The summed E-state index contributed by atoms with van der Waals surface area (Å²) in [4.78, 5) is 12.4. The first kappa shape index (κ1) is 13.7. The zero-order chi connectivity index (χ0) is 14.7. The number of carbonyl (C=O) groups excluding carboxylic acids is 1. The van der Waals surface area contributed by atoms with Gasteiger partial charge in [-0.3, -0.25) is 4.79 Å². The van der Waals surface area contributed by atoms with Gasteiger partial charge in [-0.05, 0) is 41.3 Å². The second-order valence-corrected chi connectivity index (χ2v) is 5.22. The van der Waals surface area contributed by atoms with Crippen LogP contribution in [0.3, 0.4) is 0 Å². The molecule has 108 valence electrons. The fraction of sp³-hybridized carbons (Fsp3) is 0.278. The van der Waals surface area contributed by atoms with E-state index in [0.29, 0.717) is 13.0 Å². The maximum atomic E-state index is 12.4. The van der Waals surface area contributed by atoms with Gasteiger partial charge < -0.3 is 9.47 Å². The first-order valence-corrected chi connectivity index (χ1v) is 7.17. The van der Waals surface area contributed by atoms with Gasteiger partial charge in [0, 0.05) is 12.0 Å². The number of ether oxygens (including phenoxy) is 2. The van der Waals surface area contributed by atoms with Crippen molar-refractivity contribution in [2.45, 2.75) is 19.3 Å². The third-order valence-corrected chi connectivity index (χ3v) is 3.82. The van der Waals surface area contributed by atoms with Gasteiger partial charge in [-0.15, -0.1) is 0 Å². The Bertz CT molecular complexity index is 701. The Morgan fingerprint density at radius 1 is 1.29 bits per heavy atom. The number of hydrogen-bond acceptors (Lipinski definition) is 3. The molecular formula is C18H18O3. The average Bonchev–Trinajstić information content (AvgIpc) is 2.55. The smallest absolute Gasteiger partial charge is 0.166 e. The lowest BCUT2D eigenvalue weighted by molar-refractivity contribution is -0.115. The third kappa shape index (κ3) is 2.92. The molecule has 0 saturated heterocycles. The lowest BCUT2D eigenvalue weighted by Crippen LogP contribution is -2.11. The molecule has 0 aromatic heterocycles. The van der Waals surface area contributed by atoms with E-state index in [0.717, 1.165) is 40.5 Å². The molecule has 0 saturated carbocycles. The van der Waals surface area contributed by atoms with E-state index in [2.05, 4.69) is 0 Å². The molecule has 0 N–H and O–H groups in total. The van der Waals surface area contributed by atoms with E-state index < -0.39 is 0 Å². The molecule has 0 aliphatic carbocycles. The summed E-state index contributed by atoms with van der Waals surface area (Å²) >= 11 is 0. The third-order valence-electron chi connectivity index (χ3n) is 3.82. The minimum absolute atomic E-state index is 0.144. The van der Waals surface area contributed by atoms with Gasteiger partial charge in [-0.1, -0.05) is 24.3 Å². The molecule has 3 nitrogen and oxygen atoms in total. The van der Waals surface area contributed by atoms with E-state index in [9.17, 15) is 4.79 Å². The highest BCUT2D eigenvalue weighted by molar-refractivity contribution is 5.99. The van der Waals surface area contributed by atoms with Crippen LogP contribution in [0.15, 0.2) is 48.2 Å². The number of benzene rings is 2. The summed E-state index contributed by atoms with van der Waals surface area (Å²) in [6.07, 6.45) is 3.76. The van der Waals surface area contributed by atoms with E-state index in [1.807, 2.05) is 36.4 Å². The Labute approximate surface area is 124 Å². The highest BCUT2D eigenvalue weighted by atomic mass is 16.5. The van der Waals surface area contributed by atoms with Crippen LogP contribution in [-0.4, -0.2) is 19.5 Å². The topological polar surface area (TPSA) is 35.5 Å². The zero-order valence-electron chi connectivity index (χ0n) is 12.1. The van der Waals surface area contributed by atoms with Gasteiger partial charge in [-0.2, -0.15) is 0 Å². The van der Waals surface area contributed by atoms with Crippen molar-refractivity contribution in [2.75, 3.05) is 13.7 Å². The quantitative estimate of drug-likeness (QED) is 0.858. The van der Waals surface area contributed by atoms with Crippen LogP contribution in [0, 0.1) is 0 Å². The molecular weight excluding hydrogens is 264 g/mol. The molecule has 0 amide bonds. The summed E-state index contributed by atoms with van der Waals surface area (Å²) < 4.78 is 10.5. The van der Waals surface area contributed by atoms with Crippen molar-refractivity contribution in [3.8, 4) is 5.75 Å². The number of hydrogen-bond donors (Lipinski definition) is 0. The van der Waals surface area contributed by atoms with Crippen LogP contribution in [0.25, 0.3) is 10.8 Å². The van der Waals surface area contributed by atoms with Gasteiger partial charge in [0.1, 0.15) is 5.75 Å². The normalized spacial score (nSPS) is 14.4. The molecule has 0 unspecified atom stereocenters. The monoisotopic (exact) mass is 282 g/mol. The van der Waals surface area contributed by atoms with Crippen molar-refractivity contribution in [3.05, 3.63) is 53.8 Å². The van der Waals surface area contributed by atoms with Gasteiger partial charge in [-0.25, -0.2) is 0 Å². The van der Waals surface area contributed by atoms with Crippen LogP contribution in [0.5, 0.6) is 5.75 Å². The van der Waals surface area contributed by atoms with Gasteiger partial charge in [0.05, 0.1) is 20.0 Å². The summed E-state index contributed by atoms with van der Waals surface area (Å²) in [6, 6.07) is 12.0. The van der Waals surface area contributed by atoms with Crippen LogP contribution in [0.4, 0.5) is 0 Å². The summed E-state index contributed by atoms with van der Waals surface area (Å²) in [5.74, 6) is 0.952. The first-order chi connectivity index (χ1) is 10.3. The summed E-state index contributed by atoms with van der Waals surface area (Å²) in [6.45, 7) is 0.711. The number of methoxy groups -OCH3 is 1. The summed E-state index contributed by atoms with van der Waals surface area (Å²) in [5.41, 5.74) is 1.82. The Kier molecular flexibility index (Phi) is 3.91. The molecule has 0 atom stereocenters. The Morgan fingerprint density at radius 2 is 2.19 bits per heavy atom. The lowest BCUT2D eigenvalue weighted by atomic mass is 9.96. The Morgan fingerprint density at radius 3 is 2.95 bits per heavy atom.